The summed E-state index contributed by atoms with van der Waals surface area (Å²) >= 11 is 2.64. The highest BCUT2D eigenvalue weighted by molar-refractivity contribution is 8.14. The van der Waals surface area contributed by atoms with Crippen LogP contribution in [0.1, 0.15) is 12.0 Å². The maximum atomic E-state index is 11.9. The molecule has 0 saturated carbocycles. The maximum absolute atomic E-state index is 11.9. The van der Waals surface area contributed by atoms with Crippen LogP contribution in [0.15, 0.2) is 23.4 Å². The van der Waals surface area contributed by atoms with Gasteiger partial charge in [-0.2, -0.15) is 0 Å². The Hall–Kier alpha value is -1.47. The van der Waals surface area contributed by atoms with Crippen molar-refractivity contribution >= 4 is 45.6 Å². The number of fused-ring (bicyclic) bond motifs is 1. The van der Waals surface area contributed by atoms with Gasteiger partial charge in [0.15, 0.2) is 5.16 Å². The minimum atomic E-state index is -0.318. The number of nitrogens with one attached hydrogen (secondary N) is 2. The van der Waals surface area contributed by atoms with Gasteiger partial charge in [0.2, 0.25) is 11.0 Å². The van der Waals surface area contributed by atoms with E-state index in [0.717, 1.165) is 33.9 Å². The molecule has 1 aromatic heterocycles. The molecule has 0 radical (unpaired) electrons. The van der Waals surface area contributed by atoms with Gasteiger partial charge >= 0.3 is 0 Å². The Balaban J connectivity index is 1.58. The van der Waals surface area contributed by atoms with Gasteiger partial charge in [0.05, 0.1) is 22.8 Å². The lowest BCUT2D eigenvalue weighted by Crippen LogP contribution is -2.38. The lowest BCUT2D eigenvalue weighted by atomic mass is 10.2. The van der Waals surface area contributed by atoms with Crippen LogP contribution in [-0.2, 0) is 9.59 Å². The maximum Gasteiger partial charge on any atom is 0.231 e. The van der Waals surface area contributed by atoms with E-state index in [1.54, 1.807) is 0 Å². The molecule has 2 heterocycles. The van der Waals surface area contributed by atoms with Crippen molar-refractivity contribution < 1.29 is 9.59 Å². The zero-order chi connectivity index (χ0) is 14.8. The zero-order valence-electron chi connectivity index (χ0n) is 11.5. The molecule has 0 bridgehead atoms. The number of amides is 1. The van der Waals surface area contributed by atoms with E-state index >= 15 is 0 Å². The fourth-order valence-corrected chi connectivity index (χ4v) is 3.79. The lowest BCUT2D eigenvalue weighted by Gasteiger charge is -2.08. The molecule has 110 valence electrons. The summed E-state index contributed by atoms with van der Waals surface area (Å²) in [5.41, 5.74) is 3.03. The highest BCUT2D eigenvalue weighted by atomic mass is 32.2. The summed E-state index contributed by atoms with van der Waals surface area (Å²) in [6, 6.07) is 5.68. The number of H-pyrrole nitrogens is 1. The number of carbonyl (C=O) groups excluding carboxylic acids is 2. The van der Waals surface area contributed by atoms with Crippen LogP contribution in [0.2, 0.25) is 0 Å². The molecule has 21 heavy (non-hydrogen) atoms. The number of thioether (sulfide) groups is 2. The molecule has 0 spiro atoms. The third-order valence-corrected chi connectivity index (χ3v) is 5.11. The molecule has 1 aliphatic rings. The Labute approximate surface area is 130 Å². The molecule has 0 unspecified atom stereocenters. The first kappa shape index (κ1) is 14.5. The van der Waals surface area contributed by atoms with Gasteiger partial charge in [-0.1, -0.05) is 29.6 Å². The lowest BCUT2D eigenvalue weighted by molar-refractivity contribution is -0.122. The number of hydrogen-bond donors (Lipinski definition) is 2. The number of aryl methyl sites for hydroxylation is 1. The van der Waals surface area contributed by atoms with Crippen LogP contribution in [0.25, 0.3) is 11.0 Å². The standard InChI is InChI=1S/C14H15N3O2S2/c1-8-2-3-9-11(6-8)17-14(16-9)21-7-12(18)15-10-4-5-20-13(10)19/h2-3,6,10H,4-5,7H2,1H3,(H,15,18)(H,16,17)/t10-/m1/s1. The number of carbonyl (C=O) groups is 2. The second-order valence-electron chi connectivity index (χ2n) is 4.93. The second-order valence-corrected chi connectivity index (χ2v) is 6.99. The Kier molecular flexibility index (Phi) is 4.21. The van der Waals surface area contributed by atoms with Crippen molar-refractivity contribution in [3.05, 3.63) is 23.8 Å². The highest BCUT2D eigenvalue weighted by Gasteiger charge is 2.26. The van der Waals surface area contributed by atoms with E-state index in [-0.39, 0.29) is 22.8 Å². The zero-order valence-corrected chi connectivity index (χ0v) is 13.1. The first-order chi connectivity index (χ1) is 10.1. The summed E-state index contributed by atoms with van der Waals surface area (Å²) in [4.78, 5) is 30.9. The van der Waals surface area contributed by atoms with E-state index in [0.29, 0.717) is 0 Å². The second kappa shape index (κ2) is 6.11. The molecule has 7 heteroatoms. The number of rotatable bonds is 4. The number of benzene rings is 1. The van der Waals surface area contributed by atoms with E-state index in [1.165, 1.54) is 23.5 Å². The molecule has 5 nitrogen and oxygen atoms in total. The summed E-state index contributed by atoms with van der Waals surface area (Å²) < 4.78 is 0. The van der Waals surface area contributed by atoms with Crippen LogP contribution in [0.3, 0.4) is 0 Å². The molecular formula is C14H15N3O2S2. The molecule has 2 N–H and O–H groups in total. The molecule has 2 aromatic rings. The minimum Gasteiger partial charge on any atom is -0.345 e. The predicted octanol–water partition coefficient (Wildman–Crippen LogP) is 2.11. The highest BCUT2D eigenvalue weighted by Crippen LogP contribution is 2.21. The van der Waals surface area contributed by atoms with Crippen LogP contribution < -0.4 is 5.32 Å². The van der Waals surface area contributed by atoms with Crippen LogP contribution in [0, 0.1) is 6.92 Å². The van der Waals surface area contributed by atoms with Gasteiger partial charge < -0.3 is 10.3 Å². The summed E-state index contributed by atoms with van der Waals surface area (Å²) in [6.07, 6.45) is 0.726. The molecule has 1 saturated heterocycles. The molecule has 1 aromatic carbocycles. The Bertz CT molecular complexity index is 699. The topological polar surface area (TPSA) is 74.8 Å². The van der Waals surface area contributed by atoms with E-state index in [2.05, 4.69) is 15.3 Å². The molecule has 1 fully saturated rings. The smallest absolute Gasteiger partial charge is 0.231 e. The van der Waals surface area contributed by atoms with Gasteiger partial charge in [0.1, 0.15) is 0 Å². The summed E-state index contributed by atoms with van der Waals surface area (Å²) in [5, 5.41) is 3.55. The third-order valence-electron chi connectivity index (χ3n) is 3.23. The van der Waals surface area contributed by atoms with Crippen molar-refractivity contribution in [1.82, 2.24) is 15.3 Å². The summed E-state index contributed by atoms with van der Waals surface area (Å²) in [5.74, 6) is 0.921. The van der Waals surface area contributed by atoms with Gasteiger partial charge in [-0.3, -0.25) is 9.59 Å². The quantitative estimate of drug-likeness (QED) is 0.844. The fourth-order valence-electron chi connectivity index (χ4n) is 2.17. The van der Waals surface area contributed by atoms with Crippen molar-refractivity contribution in [2.45, 2.75) is 24.5 Å². The third kappa shape index (κ3) is 3.41. The van der Waals surface area contributed by atoms with E-state index in [4.69, 9.17) is 0 Å². The fraction of sp³-hybridized carbons (Fsp3) is 0.357. The van der Waals surface area contributed by atoms with Gasteiger partial charge in [0.25, 0.3) is 0 Å². The van der Waals surface area contributed by atoms with Gasteiger partial charge in [0, 0.05) is 5.75 Å². The molecule has 0 aliphatic carbocycles. The van der Waals surface area contributed by atoms with E-state index < -0.39 is 0 Å². The number of aromatic amines is 1. The van der Waals surface area contributed by atoms with Crippen molar-refractivity contribution in [2.24, 2.45) is 0 Å². The van der Waals surface area contributed by atoms with Crippen molar-refractivity contribution in [3.63, 3.8) is 0 Å². The minimum absolute atomic E-state index is 0.0626. The molecule has 1 amide bonds. The molecular weight excluding hydrogens is 306 g/mol. The predicted molar refractivity (Wildman–Crippen MR) is 85.6 cm³/mol. The number of aromatic nitrogens is 2. The molecule has 1 atom stereocenters. The first-order valence-electron chi connectivity index (χ1n) is 6.67. The summed E-state index contributed by atoms with van der Waals surface area (Å²) in [6.45, 7) is 2.02. The van der Waals surface area contributed by atoms with Crippen LogP contribution in [0.5, 0.6) is 0 Å². The van der Waals surface area contributed by atoms with Gasteiger partial charge in [-0.05, 0) is 31.0 Å². The normalized spacial score (nSPS) is 18.3. The summed E-state index contributed by atoms with van der Waals surface area (Å²) in [7, 11) is 0. The van der Waals surface area contributed by atoms with E-state index in [9.17, 15) is 9.59 Å². The van der Waals surface area contributed by atoms with Crippen molar-refractivity contribution in [1.29, 1.82) is 0 Å². The Morgan fingerprint density at radius 3 is 3.19 bits per heavy atom. The van der Waals surface area contributed by atoms with Crippen LogP contribution in [0.4, 0.5) is 0 Å². The molecule has 1 aliphatic heterocycles. The molecule has 3 rings (SSSR count). The van der Waals surface area contributed by atoms with Crippen LogP contribution >= 0.6 is 23.5 Å². The number of hydrogen-bond acceptors (Lipinski definition) is 5. The largest absolute Gasteiger partial charge is 0.345 e. The Morgan fingerprint density at radius 2 is 2.43 bits per heavy atom. The number of imidazole rings is 1. The first-order valence-corrected chi connectivity index (χ1v) is 8.64. The Morgan fingerprint density at radius 1 is 1.57 bits per heavy atom. The average Bonchev–Trinajstić information content (AvgIpc) is 3.02. The van der Waals surface area contributed by atoms with Crippen molar-refractivity contribution in [3.8, 4) is 0 Å². The van der Waals surface area contributed by atoms with Gasteiger partial charge in [-0.15, -0.1) is 0 Å². The van der Waals surface area contributed by atoms with Gasteiger partial charge in [-0.25, -0.2) is 4.98 Å². The van der Waals surface area contributed by atoms with E-state index in [1.807, 2.05) is 25.1 Å². The average molecular weight is 321 g/mol. The number of nitrogens with zero attached hydrogens (tertiary/aromatic N) is 1. The monoisotopic (exact) mass is 321 g/mol. The SMILES string of the molecule is Cc1ccc2nc(SCC(=O)N[C@@H]3CCSC3=O)[nH]c2c1. The van der Waals surface area contributed by atoms with Crippen LogP contribution in [-0.4, -0.2) is 38.5 Å². The van der Waals surface area contributed by atoms with Crippen molar-refractivity contribution in [2.75, 3.05) is 11.5 Å².